The average molecular weight is 189 g/mol. The molecule has 0 bridgehead atoms. The molecule has 0 N–H and O–H groups in total. The molecule has 0 aliphatic rings. The first-order chi connectivity index (χ1) is 5.13. The van der Waals surface area contributed by atoms with Crippen LogP contribution in [0, 0.1) is 0 Å². The largest absolute Gasteiger partial charge is 0.0984 e. The summed E-state index contributed by atoms with van der Waals surface area (Å²) in [7, 11) is 0. The molecule has 0 radical (unpaired) electrons. The fourth-order valence-corrected chi connectivity index (χ4v) is 1.12. The Kier molecular flexibility index (Phi) is 5.01. The molecule has 0 aromatic heterocycles. The van der Waals surface area contributed by atoms with Crippen molar-refractivity contribution in [3.63, 3.8) is 0 Å². The van der Waals surface area contributed by atoms with E-state index < -0.39 is 0 Å². The average Bonchev–Trinajstić information content (AvgIpc) is 1.88. The van der Waals surface area contributed by atoms with Gasteiger partial charge < -0.3 is 0 Å². The van der Waals surface area contributed by atoms with Crippen molar-refractivity contribution in [3.05, 3.63) is 47.0 Å². The SMILES string of the molecule is C=C/C(C(=C)Cl)=C(Cl)/C=C\C. The van der Waals surface area contributed by atoms with E-state index in [4.69, 9.17) is 23.2 Å². The van der Waals surface area contributed by atoms with Crippen LogP contribution in [0.2, 0.25) is 0 Å². The van der Waals surface area contributed by atoms with Crippen molar-refractivity contribution in [3.8, 4) is 0 Å². The highest BCUT2D eigenvalue weighted by atomic mass is 35.5. The van der Waals surface area contributed by atoms with Gasteiger partial charge in [-0.25, -0.2) is 0 Å². The van der Waals surface area contributed by atoms with Gasteiger partial charge in [-0.3, -0.25) is 0 Å². The van der Waals surface area contributed by atoms with Gasteiger partial charge in [0, 0.05) is 15.6 Å². The van der Waals surface area contributed by atoms with E-state index in [1.165, 1.54) is 0 Å². The Morgan fingerprint density at radius 3 is 2.18 bits per heavy atom. The zero-order chi connectivity index (χ0) is 8.85. The lowest BCUT2D eigenvalue weighted by molar-refractivity contribution is 1.61. The highest BCUT2D eigenvalue weighted by Crippen LogP contribution is 2.21. The first kappa shape index (κ1) is 10.5. The number of allylic oxidation sites excluding steroid dienone is 6. The van der Waals surface area contributed by atoms with Crippen molar-refractivity contribution in [2.75, 3.05) is 0 Å². The van der Waals surface area contributed by atoms with Crippen LogP contribution in [-0.4, -0.2) is 0 Å². The van der Waals surface area contributed by atoms with Crippen molar-refractivity contribution >= 4 is 23.2 Å². The molecular weight excluding hydrogens is 179 g/mol. The highest BCUT2D eigenvalue weighted by Gasteiger charge is 1.98. The molecule has 0 amide bonds. The third-order valence-electron chi connectivity index (χ3n) is 1.07. The molecule has 0 spiro atoms. The molecule has 0 aliphatic heterocycles. The van der Waals surface area contributed by atoms with Gasteiger partial charge in [0.25, 0.3) is 0 Å². The van der Waals surface area contributed by atoms with Gasteiger partial charge in [0.15, 0.2) is 0 Å². The second-order valence-corrected chi connectivity index (χ2v) is 2.73. The quantitative estimate of drug-likeness (QED) is 0.588. The Morgan fingerprint density at radius 1 is 1.36 bits per heavy atom. The van der Waals surface area contributed by atoms with Crippen LogP contribution in [-0.2, 0) is 0 Å². The predicted molar refractivity (Wildman–Crippen MR) is 52.9 cm³/mol. The lowest BCUT2D eigenvalue weighted by Crippen LogP contribution is -1.78. The van der Waals surface area contributed by atoms with Gasteiger partial charge in [-0.2, -0.15) is 0 Å². The Hall–Kier alpha value is -0.460. The minimum atomic E-state index is 0.406. The smallest absolute Gasteiger partial charge is 0.0489 e. The Labute approximate surface area is 77.5 Å². The van der Waals surface area contributed by atoms with Gasteiger partial charge in [-0.05, 0) is 13.0 Å². The molecule has 60 valence electrons. The maximum Gasteiger partial charge on any atom is 0.0489 e. The van der Waals surface area contributed by atoms with Crippen LogP contribution in [0.25, 0.3) is 0 Å². The number of rotatable bonds is 3. The first-order valence-corrected chi connectivity index (χ1v) is 3.88. The summed E-state index contributed by atoms with van der Waals surface area (Å²) in [6.07, 6.45) is 5.15. The molecule has 0 aliphatic carbocycles. The molecule has 0 nitrogen and oxygen atoms in total. The second-order valence-electron chi connectivity index (χ2n) is 1.87. The van der Waals surface area contributed by atoms with Gasteiger partial charge in [-0.1, -0.05) is 48.5 Å². The van der Waals surface area contributed by atoms with Crippen LogP contribution in [0.5, 0.6) is 0 Å². The van der Waals surface area contributed by atoms with Crippen LogP contribution in [0.15, 0.2) is 47.0 Å². The third kappa shape index (κ3) is 3.45. The van der Waals surface area contributed by atoms with Crippen LogP contribution in [0.1, 0.15) is 6.92 Å². The van der Waals surface area contributed by atoms with E-state index in [9.17, 15) is 0 Å². The number of hydrogen-bond donors (Lipinski definition) is 0. The van der Waals surface area contributed by atoms with E-state index in [0.717, 1.165) is 0 Å². The summed E-state index contributed by atoms with van der Waals surface area (Å²) in [5.41, 5.74) is 0.673. The number of hydrogen-bond acceptors (Lipinski definition) is 0. The van der Waals surface area contributed by atoms with E-state index in [2.05, 4.69) is 13.2 Å². The van der Waals surface area contributed by atoms with Crippen molar-refractivity contribution in [2.24, 2.45) is 0 Å². The molecule has 0 rings (SSSR count). The molecule has 2 heteroatoms. The molecule has 0 saturated heterocycles. The summed E-state index contributed by atoms with van der Waals surface area (Å²) in [4.78, 5) is 0. The number of halogens is 2. The minimum absolute atomic E-state index is 0.406. The second kappa shape index (κ2) is 5.22. The van der Waals surface area contributed by atoms with Crippen LogP contribution >= 0.6 is 23.2 Å². The zero-order valence-corrected chi connectivity index (χ0v) is 7.91. The van der Waals surface area contributed by atoms with Gasteiger partial charge in [0.2, 0.25) is 0 Å². The fourth-order valence-electron chi connectivity index (χ4n) is 0.574. The predicted octanol–water partition coefficient (Wildman–Crippen LogP) is 3.99. The molecule has 0 heterocycles. The van der Waals surface area contributed by atoms with Gasteiger partial charge in [0.05, 0.1) is 0 Å². The summed E-state index contributed by atoms with van der Waals surface area (Å²) in [6, 6.07) is 0. The maximum atomic E-state index is 5.82. The molecular formula is C9H10Cl2. The van der Waals surface area contributed by atoms with E-state index in [0.29, 0.717) is 15.6 Å². The normalized spacial score (nSPS) is 13.0. The van der Waals surface area contributed by atoms with E-state index in [-0.39, 0.29) is 0 Å². The van der Waals surface area contributed by atoms with Crippen LogP contribution < -0.4 is 0 Å². The fraction of sp³-hybridized carbons (Fsp3) is 0.111. The van der Waals surface area contributed by atoms with Crippen molar-refractivity contribution < 1.29 is 0 Å². The van der Waals surface area contributed by atoms with E-state index in [1.807, 2.05) is 13.0 Å². The maximum absolute atomic E-state index is 5.82. The summed E-state index contributed by atoms with van der Waals surface area (Å²) < 4.78 is 0. The van der Waals surface area contributed by atoms with Crippen LogP contribution in [0.3, 0.4) is 0 Å². The van der Waals surface area contributed by atoms with Crippen molar-refractivity contribution in [2.45, 2.75) is 6.92 Å². The molecule has 0 atom stereocenters. The molecule has 0 aromatic rings. The first-order valence-electron chi connectivity index (χ1n) is 3.13. The van der Waals surface area contributed by atoms with Gasteiger partial charge >= 0.3 is 0 Å². The lowest BCUT2D eigenvalue weighted by atomic mass is 10.2. The lowest BCUT2D eigenvalue weighted by Gasteiger charge is -1.98. The van der Waals surface area contributed by atoms with E-state index >= 15 is 0 Å². The summed E-state index contributed by atoms with van der Waals surface area (Å²) in [5, 5.41) is 0.964. The molecule has 0 saturated carbocycles. The minimum Gasteiger partial charge on any atom is -0.0984 e. The molecule has 0 aromatic carbocycles. The molecule has 0 unspecified atom stereocenters. The Morgan fingerprint density at radius 2 is 1.91 bits per heavy atom. The Balaban J connectivity index is 4.82. The van der Waals surface area contributed by atoms with Gasteiger partial charge in [0.1, 0.15) is 0 Å². The standard InChI is InChI=1S/C9H10Cl2/c1-4-6-9(11)8(5-2)7(3)10/h4-6H,2-3H2,1H3/b6-4-,9-8+. The van der Waals surface area contributed by atoms with E-state index in [1.54, 1.807) is 12.2 Å². The summed E-state index contributed by atoms with van der Waals surface area (Å²) in [5.74, 6) is 0. The molecule has 11 heavy (non-hydrogen) atoms. The zero-order valence-electron chi connectivity index (χ0n) is 6.40. The third-order valence-corrected chi connectivity index (χ3v) is 1.60. The highest BCUT2D eigenvalue weighted by molar-refractivity contribution is 6.36. The van der Waals surface area contributed by atoms with Gasteiger partial charge in [-0.15, -0.1) is 0 Å². The monoisotopic (exact) mass is 188 g/mol. The summed E-state index contributed by atoms with van der Waals surface area (Å²) >= 11 is 11.5. The van der Waals surface area contributed by atoms with Crippen molar-refractivity contribution in [1.29, 1.82) is 0 Å². The van der Waals surface area contributed by atoms with Crippen LogP contribution in [0.4, 0.5) is 0 Å². The molecule has 0 fully saturated rings. The topological polar surface area (TPSA) is 0 Å². The summed E-state index contributed by atoms with van der Waals surface area (Å²) in [6.45, 7) is 8.99. The Bertz CT molecular complexity index is 222. The van der Waals surface area contributed by atoms with Crippen molar-refractivity contribution in [1.82, 2.24) is 0 Å².